The summed E-state index contributed by atoms with van der Waals surface area (Å²) in [5.74, 6) is 2.26. The Morgan fingerprint density at radius 3 is 2.50 bits per heavy atom. The average molecular weight is 445 g/mol. The zero-order valence-corrected chi connectivity index (χ0v) is 16.7. The second kappa shape index (κ2) is 10.0. The van der Waals surface area contributed by atoms with Crippen LogP contribution >= 0.6 is 24.0 Å². The highest BCUT2D eigenvalue weighted by atomic mass is 127. The lowest BCUT2D eigenvalue weighted by molar-refractivity contribution is 0.390. The first-order valence-electron chi connectivity index (χ1n) is 7.30. The van der Waals surface area contributed by atoms with Crippen LogP contribution in [-0.2, 0) is 20.1 Å². The number of aryl methyl sites for hydroxylation is 1. The number of benzene rings is 1. The summed E-state index contributed by atoms with van der Waals surface area (Å²) in [6.45, 7) is 1.24. The monoisotopic (exact) mass is 445 g/mol. The fourth-order valence-electron chi connectivity index (χ4n) is 2.15. The molecule has 0 atom stereocenters. The van der Waals surface area contributed by atoms with Gasteiger partial charge in [0.25, 0.3) is 0 Å². The normalized spacial score (nSPS) is 10.8. The Kier molecular flexibility index (Phi) is 8.37. The number of hydrogen-bond donors (Lipinski definition) is 2. The van der Waals surface area contributed by atoms with E-state index >= 15 is 0 Å². The number of rotatable bonds is 6. The van der Waals surface area contributed by atoms with Crippen LogP contribution in [0.5, 0.6) is 11.5 Å². The van der Waals surface area contributed by atoms with Crippen molar-refractivity contribution >= 4 is 29.9 Å². The molecule has 1 aromatic carbocycles. The van der Waals surface area contributed by atoms with Crippen molar-refractivity contribution in [2.45, 2.75) is 13.1 Å². The third-order valence-electron chi connectivity index (χ3n) is 3.52. The molecule has 1 aromatic heterocycles. The van der Waals surface area contributed by atoms with Gasteiger partial charge in [0.2, 0.25) is 0 Å². The predicted octanol–water partition coefficient (Wildman–Crippen LogP) is 1.92. The standard InChI is InChI=1S/C16H23N5O2.HI/c1-17-16(19-11-13-7-8-20-21(13)2)18-10-12-5-6-14(22-3)9-15(12)23-4;/h5-9H,10-11H2,1-4H3,(H2,17,18,19);1H. The summed E-state index contributed by atoms with van der Waals surface area (Å²) in [4.78, 5) is 4.22. The Hall–Kier alpha value is -1.97. The maximum absolute atomic E-state index is 5.40. The molecular weight excluding hydrogens is 421 g/mol. The molecule has 0 aliphatic carbocycles. The number of nitrogens with one attached hydrogen (secondary N) is 2. The molecule has 0 aliphatic rings. The van der Waals surface area contributed by atoms with Crippen molar-refractivity contribution in [3.05, 3.63) is 41.7 Å². The van der Waals surface area contributed by atoms with Crippen LogP contribution in [0.2, 0.25) is 0 Å². The van der Waals surface area contributed by atoms with Gasteiger partial charge in [-0.2, -0.15) is 5.10 Å². The fourth-order valence-corrected chi connectivity index (χ4v) is 2.15. The van der Waals surface area contributed by atoms with Crippen LogP contribution in [0.15, 0.2) is 35.5 Å². The lowest BCUT2D eigenvalue weighted by atomic mass is 10.2. The lowest BCUT2D eigenvalue weighted by Crippen LogP contribution is -2.36. The minimum atomic E-state index is 0. The Bertz CT molecular complexity index is 672. The number of nitrogens with zero attached hydrogens (tertiary/aromatic N) is 3. The first kappa shape index (κ1) is 20.1. The lowest BCUT2D eigenvalue weighted by Gasteiger charge is -2.14. The molecular formula is C16H24IN5O2. The quantitative estimate of drug-likeness (QED) is 0.404. The Balaban J connectivity index is 0.00000288. The minimum Gasteiger partial charge on any atom is -0.497 e. The molecule has 0 saturated carbocycles. The van der Waals surface area contributed by atoms with Crippen molar-refractivity contribution < 1.29 is 9.47 Å². The first-order valence-corrected chi connectivity index (χ1v) is 7.30. The van der Waals surface area contributed by atoms with E-state index in [1.54, 1.807) is 27.5 Å². The molecule has 0 aliphatic heterocycles. The maximum Gasteiger partial charge on any atom is 0.191 e. The van der Waals surface area contributed by atoms with Crippen LogP contribution in [0.1, 0.15) is 11.3 Å². The SMILES string of the molecule is CN=C(NCc1ccc(OC)cc1OC)NCc1ccnn1C.I. The van der Waals surface area contributed by atoms with Crippen LogP contribution in [0, 0.1) is 0 Å². The average Bonchev–Trinajstić information content (AvgIpc) is 3.00. The summed E-state index contributed by atoms with van der Waals surface area (Å²) in [6.07, 6.45) is 1.77. The third kappa shape index (κ3) is 5.29. The number of aromatic nitrogens is 2. The molecule has 0 spiro atoms. The van der Waals surface area contributed by atoms with Crippen LogP contribution in [0.25, 0.3) is 0 Å². The van der Waals surface area contributed by atoms with Crippen molar-refractivity contribution in [3.8, 4) is 11.5 Å². The van der Waals surface area contributed by atoms with Gasteiger partial charge in [0.05, 0.1) is 26.5 Å². The molecule has 0 saturated heterocycles. The summed E-state index contributed by atoms with van der Waals surface area (Å²) in [5, 5.41) is 10.7. The van der Waals surface area contributed by atoms with Crippen LogP contribution in [-0.4, -0.2) is 37.0 Å². The predicted molar refractivity (Wildman–Crippen MR) is 105 cm³/mol. The van der Waals surface area contributed by atoms with E-state index in [1.807, 2.05) is 36.0 Å². The van der Waals surface area contributed by atoms with Gasteiger partial charge in [0.1, 0.15) is 11.5 Å². The van der Waals surface area contributed by atoms with E-state index in [-0.39, 0.29) is 24.0 Å². The van der Waals surface area contributed by atoms with E-state index in [2.05, 4.69) is 20.7 Å². The molecule has 1 heterocycles. The molecule has 2 aromatic rings. The molecule has 0 fully saturated rings. The second-order valence-corrected chi connectivity index (χ2v) is 4.90. The number of hydrogen-bond acceptors (Lipinski definition) is 4. The summed E-state index contributed by atoms with van der Waals surface area (Å²) in [7, 11) is 6.93. The zero-order chi connectivity index (χ0) is 16.7. The third-order valence-corrected chi connectivity index (χ3v) is 3.52. The number of halogens is 1. The molecule has 0 bridgehead atoms. The van der Waals surface area contributed by atoms with E-state index in [1.165, 1.54) is 0 Å². The highest BCUT2D eigenvalue weighted by Crippen LogP contribution is 2.24. The number of guanidine groups is 1. The zero-order valence-electron chi connectivity index (χ0n) is 14.4. The van der Waals surface area contributed by atoms with Gasteiger partial charge < -0.3 is 20.1 Å². The molecule has 2 rings (SSSR count). The van der Waals surface area contributed by atoms with Crippen molar-refractivity contribution in [3.63, 3.8) is 0 Å². The molecule has 8 heteroatoms. The second-order valence-electron chi connectivity index (χ2n) is 4.90. The van der Waals surface area contributed by atoms with Crippen LogP contribution < -0.4 is 20.1 Å². The van der Waals surface area contributed by atoms with Gasteiger partial charge in [0, 0.05) is 38.5 Å². The molecule has 0 radical (unpaired) electrons. The van der Waals surface area contributed by atoms with Gasteiger partial charge >= 0.3 is 0 Å². The molecule has 7 nitrogen and oxygen atoms in total. The topological polar surface area (TPSA) is 72.7 Å². The first-order chi connectivity index (χ1) is 11.2. The highest BCUT2D eigenvalue weighted by Gasteiger charge is 2.07. The van der Waals surface area contributed by atoms with E-state index in [0.717, 1.165) is 22.8 Å². The Morgan fingerprint density at radius 1 is 1.17 bits per heavy atom. The molecule has 132 valence electrons. The van der Waals surface area contributed by atoms with Gasteiger partial charge in [-0.15, -0.1) is 24.0 Å². The Labute approximate surface area is 159 Å². The Morgan fingerprint density at radius 2 is 1.92 bits per heavy atom. The number of aliphatic imine (C=N–C) groups is 1. The van der Waals surface area contributed by atoms with Gasteiger partial charge in [-0.25, -0.2) is 0 Å². The maximum atomic E-state index is 5.40. The summed E-state index contributed by atoms with van der Waals surface area (Å²) < 4.78 is 12.4. The highest BCUT2D eigenvalue weighted by molar-refractivity contribution is 14.0. The number of ether oxygens (including phenoxy) is 2. The van der Waals surface area contributed by atoms with Crippen molar-refractivity contribution in [1.29, 1.82) is 0 Å². The fraction of sp³-hybridized carbons (Fsp3) is 0.375. The van der Waals surface area contributed by atoms with Gasteiger partial charge in [-0.05, 0) is 18.2 Å². The van der Waals surface area contributed by atoms with E-state index in [0.29, 0.717) is 19.0 Å². The van der Waals surface area contributed by atoms with E-state index < -0.39 is 0 Å². The number of methoxy groups -OCH3 is 2. The summed E-state index contributed by atoms with van der Waals surface area (Å²) in [5.41, 5.74) is 2.10. The minimum absolute atomic E-state index is 0. The molecule has 0 unspecified atom stereocenters. The van der Waals surface area contributed by atoms with Crippen molar-refractivity contribution in [1.82, 2.24) is 20.4 Å². The van der Waals surface area contributed by atoms with Crippen molar-refractivity contribution in [2.24, 2.45) is 12.0 Å². The molecule has 2 N–H and O–H groups in total. The van der Waals surface area contributed by atoms with Crippen molar-refractivity contribution in [2.75, 3.05) is 21.3 Å². The van der Waals surface area contributed by atoms with Crippen LogP contribution in [0.3, 0.4) is 0 Å². The van der Waals surface area contributed by atoms with E-state index in [4.69, 9.17) is 9.47 Å². The van der Waals surface area contributed by atoms with Gasteiger partial charge in [-0.1, -0.05) is 0 Å². The summed E-state index contributed by atoms with van der Waals surface area (Å²) >= 11 is 0. The van der Waals surface area contributed by atoms with Crippen LogP contribution in [0.4, 0.5) is 0 Å². The van der Waals surface area contributed by atoms with E-state index in [9.17, 15) is 0 Å². The smallest absolute Gasteiger partial charge is 0.191 e. The largest absolute Gasteiger partial charge is 0.497 e. The summed E-state index contributed by atoms with van der Waals surface area (Å²) in [6, 6.07) is 7.71. The molecule has 24 heavy (non-hydrogen) atoms. The van der Waals surface area contributed by atoms with Gasteiger partial charge in [0.15, 0.2) is 5.96 Å². The molecule has 0 amide bonds. The van der Waals surface area contributed by atoms with Gasteiger partial charge in [-0.3, -0.25) is 9.67 Å².